The number of fused-ring (bicyclic) bond motifs is 2. The quantitative estimate of drug-likeness (QED) is 0.394. The highest BCUT2D eigenvalue weighted by molar-refractivity contribution is 7.99. The van der Waals surface area contributed by atoms with Gasteiger partial charge in [-0.1, -0.05) is 60.7 Å². The number of amides is 3. The Balaban J connectivity index is 1.38. The predicted molar refractivity (Wildman–Crippen MR) is 149 cm³/mol. The van der Waals surface area contributed by atoms with Crippen molar-refractivity contribution < 1.29 is 14.4 Å². The van der Waals surface area contributed by atoms with Gasteiger partial charge in [-0.25, -0.2) is 0 Å². The zero-order valence-corrected chi connectivity index (χ0v) is 21.6. The van der Waals surface area contributed by atoms with Gasteiger partial charge in [0, 0.05) is 28.9 Å². The van der Waals surface area contributed by atoms with Crippen molar-refractivity contribution in [1.82, 2.24) is 15.2 Å². The Bertz CT molecular complexity index is 1460. The molecule has 3 amide bonds. The van der Waals surface area contributed by atoms with Crippen LogP contribution in [0.5, 0.6) is 0 Å². The lowest BCUT2D eigenvalue weighted by molar-refractivity contribution is -0.130. The van der Waals surface area contributed by atoms with E-state index in [0.717, 1.165) is 34.2 Å². The summed E-state index contributed by atoms with van der Waals surface area (Å²) in [5.41, 5.74) is 2.86. The van der Waals surface area contributed by atoms with Crippen molar-refractivity contribution in [3.05, 3.63) is 96.2 Å². The summed E-state index contributed by atoms with van der Waals surface area (Å²) in [4.78, 5) is 48.5. The highest BCUT2D eigenvalue weighted by Gasteiger charge is 2.40. The first-order valence-corrected chi connectivity index (χ1v) is 13.7. The number of aromatic amines is 1. The summed E-state index contributed by atoms with van der Waals surface area (Å²) in [5.74, 6) is -0.735. The number of benzene rings is 3. The summed E-state index contributed by atoms with van der Waals surface area (Å²) in [6, 6.07) is 26.0. The Labute approximate surface area is 225 Å². The molecule has 2 N–H and O–H groups in total. The van der Waals surface area contributed by atoms with Crippen LogP contribution in [0.15, 0.2) is 89.8 Å². The molecule has 4 aromatic rings. The first-order valence-electron chi connectivity index (χ1n) is 12.9. The lowest BCUT2D eigenvalue weighted by atomic mass is 10.0. The van der Waals surface area contributed by atoms with Crippen molar-refractivity contribution >= 4 is 46.1 Å². The summed E-state index contributed by atoms with van der Waals surface area (Å²) in [7, 11) is 0. The summed E-state index contributed by atoms with van der Waals surface area (Å²) < 4.78 is 0. The first kappa shape index (κ1) is 24.3. The standard InChI is InChI=1S/C30H28N4O3S/c35-26(33-16-8-9-17-33)19-34-24-14-6-7-15-25(24)38-28(20-10-2-1-3-11-20)27(30(34)37)32-29(36)23-18-21-12-4-5-13-22(21)31-23/h1-7,10-15,18,27-28,31H,8-9,16-17,19H2,(H,32,36)/t27-,28-/m1/s1. The summed E-state index contributed by atoms with van der Waals surface area (Å²) in [6.45, 7) is 1.37. The van der Waals surface area contributed by atoms with E-state index in [1.54, 1.807) is 11.0 Å². The fourth-order valence-electron chi connectivity index (χ4n) is 5.22. The van der Waals surface area contributed by atoms with Gasteiger partial charge in [-0.2, -0.15) is 0 Å². The van der Waals surface area contributed by atoms with Crippen LogP contribution >= 0.6 is 11.8 Å². The number of thioether (sulfide) groups is 1. The van der Waals surface area contributed by atoms with E-state index in [0.29, 0.717) is 24.5 Å². The average molecular weight is 525 g/mol. The first-order chi connectivity index (χ1) is 18.6. The van der Waals surface area contributed by atoms with E-state index in [9.17, 15) is 14.4 Å². The van der Waals surface area contributed by atoms with Crippen molar-refractivity contribution in [2.24, 2.45) is 0 Å². The maximum Gasteiger partial charge on any atom is 0.268 e. The monoisotopic (exact) mass is 524 g/mol. The molecule has 1 aromatic heterocycles. The lowest BCUT2D eigenvalue weighted by Crippen LogP contribution is -2.52. The van der Waals surface area contributed by atoms with Crippen molar-refractivity contribution in [3.63, 3.8) is 0 Å². The second-order valence-electron chi connectivity index (χ2n) is 9.65. The van der Waals surface area contributed by atoms with Crippen LogP contribution in [0.1, 0.15) is 34.1 Å². The topological polar surface area (TPSA) is 85.5 Å². The van der Waals surface area contributed by atoms with Gasteiger partial charge in [-0.15, -0.1) is 11.8 Å². The third kappa shape index (κ3) is 4.67. The average Bonchev–Trinajstić information content (AvgIpc) is 3.63. The minimum absolute atomic E-state index is 0.0589. The molecule has 3 heterocycles. The second-order valence-corrected chi connectivity index (χ2v) is 10.8. The van der Waals surface area contributed by atoms with Gasteiger partial charge < -0.3 is 20.1 Å². The zero-order valence-electron chi connectivity index (χ0n) is 20.8. The molecule has 8 heteroatoms. The van der Waals surface area contributed by atoms with E-state index in [1.807, 2.05) is 83.8 Å². The molecule has 0 radical (unpaired) electrons. The number of hydrogen-bond acceptors (Lipinski definition) is 4. The van der Waals surface area contributed by atoms with E-state index >= 15 is 0 Å². The molecule has 7 nitrogen and oxygen atoms in total. The Morgan fingerprint density at radius 1 is 0.921 bits per heavy atom. The molecule has 0 aliphatic carbocycles. The van der Waals surface area contributed by atoms with Gasteiger partial charge in [0.05, 0.1) is 10.9 Å². The van der Waals surface area contributed by atoms with Crippen molar-refractivity contribution in [3.8, 4) is 0 Å². The fourth-order valence-corrected chi connectivity index (χ4v) is 6.56. The molecule has 0 saturated carbocycles. The minimum atomic E-state index is -0.889. The van der Waals surface area contributed by atoms with Gasteiger partial charge in [0.1, 0.15) is 18.3 Å². The summed E-state index contributed by atoms with van der Waals surface area (Å²) in [6.07, 6.45) is 1.96. The summed E-state index contributed by atoms with van der Waals surface area (Å²) >= 11 is 1.54. The number of H-pyrrole nitrogens is 1. The number of likely N-dealkylation sites (tertiary alicyclic amines) is 1. The Morgan fingerprint density at radius 3 is 2.42 bits per heavy atom. The molecule has 0 spiro atoms. The highest BCUT2D eigenvalue weighted by Crippen LogP contribution is 2.45. The highest BCUT2D eigenvalue weighted by atomic mass is 32.2. The molecule has 2 aliphatic heterocycles. The largest absolute Gasteiger partial charge is 0.351 e. The van der Waals surface area contributed by atoms with Crippen LogP contribution in [-0.4, -0.2) is 53.3 Å². The van der Waals surface area contributed by atoms with E-state index in [1.165, 1.54) is 11.8 Å². The van der Waals surface area contributed by atoms with Crippen LogP contribution in [0.3, 0.4) is 0 Å². The number of hydrogen-bond donors (Lipinski definition) is 2. The van der Waals surface area contributed by atoms with E-state index < -0.39 is 6.04 Å². The SMILES string of the molecule is O=C(N[C@H]1C(=O)N(CC(=O)N2CCCC2)c2ccccc2S[C@@H]1c1ccccc1)c1cc2ccccc2[nH]1. The number of carbonyl (C=O) groups is 3. The van der Waals surface area contributed by atoms with Gasteiger partial charge in [0.25, 0.3) is 11.8 Å². The smallest absolute Gasteiger partial charge is 0.268 e. The predicted octanol–water partition coefficient (Wildman–Crippen LogP) is 4.77. The van der Waals surface area contributed by atoms with Crippen molar-refractivity contribution in [1.29, 1.82) is 0 Å². The third-order valence-electron chi connectivity index (χ3n) is 7.19. The minimum Gasteiger partial charge on any atom is -0.351 e. The van der Waals surface area contributed by atoms with Gasteiger partial charge in [-0.05, 0) is 42.7 Å². The number of anilines is 1. The van der Waals surface area contributed by atoms with Gasteiger partial charge >= 0.3 is 0 Å². The van der Waals surface area contributed by atoms with Crippen LogP contribution in [0.25, 0.3) is 10.9 Å². The molecule has 2 aliphatic rings. The molecule has 1 saturated heterocycles. The normalized spacial score (nSPS) is 19.3. The number of carbonyl (C=O) groups excluding carboxylic acids is 3. The van der Waals surface area contributed by atoms with Crippen LogP contribution in [0.2, 0.25) is 0 Å². The Kier molecular flexibility index (Phi) is 6.64. The second kappa shape index (κ2) is 10.4. The molecule has 1 fully saturated rings. The van der Waals surface area contributed by atoms with Crippen LogP contribution in [0.4, 0.5) is 5.69 Å². The van der Waals surface area contributed by atoms with E-state index in [4.69, 9.17) is 0 Å². The number of nitrogens with one attached hydrogen (secondary N) is 2. The molecule has 38 heavy (non-hydrogen) atoms. The Morgan fingerprint density at radius 2 is 1.63 bits per heavy atom. The molecule has 3 aromatic carbocycles. The third-order valence-corrected chi connectivity index (χ3v) is 8.58. The molecule has 2 atom stereocenters. The molecule has 192 valence electrons. The van der Waals surface area contributed by atoms with E-state index in [2.05, 4.69) is 10.3 Å². The zero-order chi connectivity index (χ0) is 26.1. The molecule has 0 unspecified atom stereocenters. The van der Waals surface area contributed by atoms with Crippen molar-refractivity contribution in [2.75, 3.05) is 24.5 Å². The van der Waals surface area contributed by atoms with Gasteiger partial charge in [0.15, 0.2) is 0 Å². The maximum atomic E-state index is 14.3. The van der Waals surface area contributed by atoms with Crippen LogP contribution in [-0.2, 0) is 9.59 Å². The number of para-hydroxylation sites is 2. The van der Waals surface area contributed by atoms with Crippen molar-refractivity contribution in [2.45, 2.75) is 29.0 Å². The summed E-state index contributed by atoms with van der Waals surface area (Å²) in [5, 5.41) is 3.57. The van der Waals surface area contributed by atoms with Crippen LogP contribution in [0, 0.1) is 0 Å². The molecular weight excluding hydrogens is 496 g/mol. The molecule has 0 bridgehead atoms. The van der Waals surface area contributed by atoms with Gasteiger partial charge in [-0.3, -0.25) is 14.4 Å². The lowest BCUT2D eigenvalue weighted by Gasteiger charge is -2.29. The molecular formula is C30H28N4O3S. The fraction of sp³-hybridized carbons (Fsp3) is 0.233. The maximum absolute atomic E-state index is 14.3. The number of aromatic nitrogens is 1. The molecule has 6 rings (SSSR count). The van der Waals surface area contributed by atoms with E-state index in [-0.39, 0.29) is 29.5 Å². The van der Waals surface area contributed by atoms with Crippen LogP contribution < -0.4 is 10.2 Å². The Hall–Kier alpha value is -4.04. The number of nitrogens with zero attached hydrogens (tertiary/aromatic N) is 2. The number of rotatable bonds is 5. The van der Waals surface area contributed by atoms with Gasteiger partial charge in [0.2, 0.25) is 5.91 Å².